The van der Waals surface area contributed by atoms with Gasteiger partial charge in [-0.05, 0) is 36.3 Å². The summed E-state index contributed by atoms with van der Waals surface area (Å²) in [5.41, 5.74) is 1.84. The minimum Gasteiger partial charge on any atom is -0.488 e. The molecule has 1 aromatic carbocycles. The number of ether oxygens (including phenoxy) is 1. The molecule has 150 valence electrons. The minimum atomic E-state index is -0.0205. The molecular formula is C21H26ClN3O3. The highest BCUT2D eigenvalue weighted by molar-refractivity contribution is 6.30. The molecule has 0 bridgehead atoms. The second-order valence-corrected chi connectivity index (χ2v) is 7.41. The van der Waals surface area contributed by atoms with Crippen molar-refractivity contribution in [3.63, 3.8) is 0 Å². The Morgan fingerprint density at radius 1 is 1.25 bits per heavy atom. The Bertz CT molecular complexity index is 783. The summed E-state index contributed by atoms with van der Waals surface area (Å²) in [5.74, 6) is 0.825. The first-order valence-electron chi connectivity index (χ1n) is 9.64. The lowest BCUT2D eigenvalue weighted by Gasteiger charge is -2.33. The van der Waals surface area contributed by atoms with Crippen LogP contribution in [0.25, 0.3) is 6.08 Å². The van der Waals surface area contributed by atoms with Crippen LogP contribution in [-0.2, 0) is 9.59 Å². The van der Waals surface area contributed by atoms with Gasteiger partial charge in [-0.25, -0.2) is 0 Å². The van der Waals surface area contributed by atoms with Crippen LogP contribution in [0.2, 0.25) is 5.02 Å². The number of fused-ring (bicyclic) bond motifs is 1. The van der Waals surface area contributed by atoms with E-state index < -0.39 is 0 Å². The van der Waals surface area contributed by atoms with E-state index in [1.807, 2.05) is 30.0 Å². The molecule has 0 unspecified atom stereocenters. The molecule has 0 saturated carbocycles. The predicted octanol–water partition coefficient (Wildman–Crippen LogP) is 2.34. The van der Waals surface area contributed by atoms with Gasteiger partial charge in [0.1, 0.15) is 12.4 Å². The third-order valence-corrected chi connectivity index (χ3v) is 5.01. The van der Waals surface area contributed by atoms with Gasteiger partial charge < -0.3 is 15.0 Å². The van der Waals surface area contributed by atoms with Gasteiger partial charge in [0.15, 0.2) is 0 Å². The van der Waals surface area contributed by atoms with E-state index in [2.05, 4.69) is 10.2 Å². The second kappa shape index (κ2) is 9.75. The molecule has 2 aliphatic heterocycles. The molecule has 3 rings (SSSR count). The Morgan fingerprint density at radius 2 is 2.04 bits per heavy atom. The largest absolute Gasteiger partial charge is 0.488 e. The normalized spacial score (nSPS) is 17.1. The van der Waals surface area contributed by atoms with Gasteiger partial charge in [-0.1, -0.05) is 24.6 Å². The quantitative estimate of drug-likeness (QED) is 0.740. The summed E-state index contributed by atoms with van der Waals surface area (Å²) < 4.78 is 5.70. The average Bonchev–Trinajstić information content (AvgIpc) is 2.70. The van der Waals surface area contributed by atoms with Crippen LogP contribution in [0.5, 0.6) is 5.75 Å². The van der Waals surface area contributed by atoms with Crippen molar-refractivity contribution in [1.29, 1.82) is 0 Å². The first kappa shape index (κ1) is 20.4. The number of nitrogens with one attached hydrogen (secondary N) is 1. The van der Waals surface area contributed by atoms with Gasteiger partial charge in [0.2, 0.25) is 11.8 Å². The van der Waals surface area contributed by atoms with Gasteiger partial charge in [-0.15, -0.1) is 0 Å². The molecule has 2 heterocycles. The fourth-order valence-electron chi connectivity index (χ4n) is 3.20. The van der Waals surface area contributed by atoms with Crippen molar-refractivity contribution in [1.82, 2.24) is 15.1 Å². The number of carbonyl (C=O) groups is 2. The van der Waals surface area contributed by atoms with Gasteiger partial charge >= 0.3 is 0 Å². The van der Waals surface area contributed by atoms with Gasteiger partial charge in [0.25, 0.3) is 0 Å². The first-order valence-corrected chi connectivity index (χ1v) is 10.0. The maximum Gasteiger partial charge on any atom is 0.246 e. The zero-order chi connectivity index (χ0) is 19.9. The molecule has 6 nitrogen and oxygen atoms in total. The van der Waals surface area contributed by atoms with Crippen LogP contribution in [-0.4, -0.2) is 67.5 Å². The molecule has 1 fully saturated rings. The van der Waals surface area contributed by atoms with Crippen molar-refractivity contribution >= 4 is 29.5 Å². The average molecular weight is 404 g/mol. The summed E-state index contributed by atoms with van der Waals surface area (Å²) in [5, 5.41) is 3.54. The SMILES string of the molecule is CCCNC(=O)CN1CCN(C(=O)/C=C/C2=Cc3cc(Cl)ccc3OC2)CC1. The van der Waals surface area contributed by atoms with Crippen LogP contribution in [0.4, 0.5) is 0 Å². The van der Waals surface area contributed by atoms with E-state index in [0.29, 0.717) is 50.9 Å². The summed E-state index contributed by atoms with van der Waals surface area (Å²) in [7, 11) is 0. The second-order valence-electron chi connectivity index (χ2n) is 6.97. The minimum absolute atomic E-state index is 0.0205. The van der Waals surface area contributed by atoms with Gasteiger partial charge in [0, 0.05) is 49.4 Å². The van der Waals surface area contributed by atoms with Crippen LogP contribution < -0.4 is 10.1 Å². The molecule has 0 aliphatic carbocycles. The van der Waals surface area contributed by atoms with E-state index in [-0.39, 0.29) is 11.8 Å². The topological polar surface area (TPSA) is 61.9 Å². The summed E-state index contributed by atoms with van der Waals surface area (Å²) in [6, 6.07) is 5.50. The zero-order valence-electron chi connectivity index (χ0n) is 16.1. The van der Waals surface area contributed by atoms with Gasteiger partial charge in [0.05, 0.1) is 6.54 Å². The van der Waals surface area contributed by atoms with Crippen LogP contribution in [0, 0.1) is 0 Å². The molecule has 7 heteroatoms. The third kappa shape index (κ3) is 5.59. The lowest BCUT2D eigenvalue weighted by molar-refractivity contribution is -0.128. The Labute approximate surface area is 170 Å². The molecule has 1 saturated heterocycles. The third-order valence-electron chi connectivity index (χ3n) is 4.77. The van der Waals surface area contributed by atoms with Crippen LogP contribution in [0.1, 0.15) is 18.9 Å². The van der Waals surface area contributed by atoms with Crippen LogP contribution in [0.3, 0.4) is 0 Å². The summed E-state index contributed by atoms with van der Waals surface area (Å²) >= 11 is 6.03. The number of carbonyl (C=O) groups excluding carboxylic acids is 2. The number of hydrogen-bond donors (Lipinski definition) is 1. The number of halogens is 1. The standard InChI is InChI=1S/C21H26ClN3O3/c1-2-7-23-20(26)14-24-8-10-25(11-9-24)21(27)6-3-16-12-17-13-18(22)4-5-19(17)28-15-16/h3-6,12-13H,2,7-11,14-15H2,1H3,(H,23,26)/b6-3+. The molecule has 2 amide bonds. The predicted molar refractivity (Wildman–Crippen MR) is 110 cm³/mol. The van der Waals surface area contributed by atoms with Gasteiger partial charge in [-0.2, -0.15) is 0 Å². The monoisotopic (exact) mass is 403 g/mol. The summed E-state index contributed by atoms with van der Waals surface area (Å²) in [4.78, 5) is 28.2. The zero-order valence-corrected chi connectivity index (χ0v) is 16.9. The molecule has 28 heavy (non-hydrogen) atoms. The molecule has 0 aromatic heterocycles. The molecule has 2 aliphatic rings. The van der Waals surface area contributed by atoms with Crippen molar-refractivity contribution in [3.8, 4) is 5.75 Å². The van der Waals surface area contributed by atoms with Crippen molar-refractivity contribution < 1.29 is 14.3 Å². The Hall–Kier alpha value is -2.31. The van der Waals surface area contributed by atoms with Crippen molar-refractivity contribution in [3.05, 3.63) is 46.5 Å². The summed E-state index contributed by atoms with van der Waals surface area (Å²) in [6.45, 7) is 6.22. The molecule has 0 spiro atoms. The number of piperazine rings is 1. The van der Waals surface area contributed by atoms with E-state index in [1.165, 1.54) is 0 Å². The molecule has 0 atom stereocenters. The van der Waals surface area contributed by atoms with E-state index in [0.717, 1.165) is 23.3 Å². The Kier molecular flexibility index (Phi) is 7.12. The number of benzene rings is 1. The number of nitrogens with zero attached hydrogens (tertiary/aromatic N) is 2. The van der Waals surface area contributed by atoms with E-state index >= 15 is 0 Å². The first-order chi connectivity index (χ1) is 13.5. The molecule has 0 radical (unpaired) electrons. The molecular weight excluding hydrogens is 378 g/mol. The fraction of sp³-hybridized carbons (Fsp3) is 0.429. The summed E-state index contributed by atoms with van der Waals surface area (Å²) in [6.07, 6.45) is 6.31. The van der Waals surface area contributed by atoms with Crippen molar-refractivity contribution in [2.24, 2.45) is 0 Å². The van der Waals surface area contributed by atoms with Crippen LogP contribution in [0.15, 0.2) is 35.9 Å². The Morgan fingerprint density at radius 3 is 2.79 bits per heavy atom. The molecule has 1 aromatic rings. The fourth-order valence-corrected chi connectivity index (χ4v) is 3.38. The number of hydrogen-bond acceptors (Lipinski definition) is 4. The maximum absolute atomic E-state index is 12.5. The number of amides is 2. The van der Waals surface area contributed by atoms with E-state index in [1.54, 1.807) is 18.2 Å². The highest BCUT2D eigenvalue weighted by Gasteiger charge is 2.21. The Balaban J connectivity index is 1.49. The van der Waals surface area contributed by atoms with Crippen molar-refractivity contribution in [2.75, 3.05) is 45.9 Å². The lowest BCUT2D eigenvalue weighted by Crippen LogP contribution is -2.50. The number of rotatable bonds is 6. The van der Waals surface area contributed by atoms with Crippen LogP contribution >= 0.6 is 11.6 Å². The highest BCUT2D eigenvalue weighted by atomic mass is 35.5. The maximum atomic E-state index is 12.5. The highest BCUT2D eigenvalue weighted by Crippen LogP contribution is 2.29. The van der Waals surface area contributed by atoms with Crippen molar-refractivity contribution in [2.45, 2.75) is 13.3 Å². The lowest BCUT2D eigenvalue weighted by atomic mass is 10.1. The van der Waals surface area contributed by atoms with E-state index in [4.69, 9.17) is 16.3 Å². The van der Waals surface area contributed by atoms with Gasteiger partial charge in [-0.3, -0.25) is 14.5 Å². The molecule has 1 N–H and O–H groups in total. The van der Waals surface area contributed by atoms with E-state index in [9.17, 15) is 9.59 Å². The smallest absolute Gasteiger partial charge is 0.246 e.